The van der Waals surface area contributed by atoms with Gasteiger partial charge < -0.3 is 15.0 Å². The predicted octanol–water partition coefficient (Wildman–Crippen LogP) is 3.30. The van der Waals surface area contributed by atoms with Gasteiger partial charge in [0.1, 0.15) is 12.4 Å². The Morgan fingerprint density at radius 1 is 1.14 bits per heavy atom. The summed E-state index contributed by atoms with van der Waals surface area (Å²) < 4.78 is 5.84. The number of ether oxygens (including phenoxy) is 1. The Hall–Kier alpha value is -1.06. The van der Waals surface area contributed by atoms with Gasteiger partial charge in [-0.2, -0.15) is 0 Å². The average molecular weight is 290 g/mol. The first-order valence-corrected chi connectivity index (χ1v) is 8.33. The van der Waals surface area contributed by atoms with Crippen molar-refractivity contribution >= 4 is 0 Å². The van der Waals surface area contributed by atoms with Gasteiger partial charge in [0, 0.05) is 19.6 Å². The van der Waals surface area contributed by atoms with Gasteiger partial charge in [-0.25, -0.2) is 0 Å². The van der Waals surface area contributed by atoms with Crippen molar-refractivity contribution in [3.05, 3.63) is 29.8 Å². The molecular weight excluding hydrogens is 260 g/mol. The number of benzene rings is 1. The minimum Gasteiger partial charge on any atom is -0.492 e. The lowest BCUT2D eigenvalue weighted by Crippen LogP contribution is -2.30. The average Bonchev–Trinajstić information content (AvgIpc) is 2.50. The first kappa shape index (κ1) is 16.3. The van der Waals surface area contributed by atoms with E-state index in [1.165, 1.54) is 44.2 Å². The van der Waals surface area contributed by atoms with Crippen LogP contribution in [0.2, 0.25) is 0 Å². The summed E-state index contributed by atoms with van der Waals surface area (Å²) in [5.74, 6) is 1.88. The summed E-state index contributed by atoms with van der Waals surface area (Å²) in [6, 6.07) is 8.37. The zero-order valence-corrected chi connectivity index (χ0v) is 13.6. The number of likely N-dealkylation sites (N-methyl/N-ethyl adjacent to an activating group) is 1. The van der Waals surface area contributed by atoms with E-state index in [0.29, 0.717) is 0 Å². The number of rotatable bonds is 8. The van der Waals surface area contributed by atoms with Gasteiger partial charge in [-0.05, 0) is 50.6 Å². The lowest BCUT2D eigenvalue weighted by Gasteiger charge is -2.26. The van der Waals surface area contributed by atoms with E-state index in [0.717, 1.165) is 31.4 Å². The molecule has 3 nitrogen and oxygen atoms in total. The van der Waals surface area contributed by atoms with Gasteiger partial charge in [0.05, 0.1) is 0 Å². The number of nitrogens with one attached hydrogen (secondary N) is 1. The van der Waals surface area contributed by atoms with Crippen LogP contribution < -0.4 is 10.1 Å². The van der Waals surface area contributed by atoms with Crippen molar-refractivity contribution in [2.45, 2.75) is 38.6 Å². The summed E-state index contributed by atoms with van der Waals surface area (Å²) in [4.78, 5) is 2.42. The van der Waals surface area contributed by atoms with Gasteiger partial charge >= 0.3 is 0 Å². The van der Waals surface area contributed by atoms with Crippen molar-refractivity contribution < 1.29 is 4.74 Å². The van der Waals surface area contributed by atoms with Crippen molar-refractivity contribution in [2.75, 3.05) is 33.8 Å². The van der Waals surface area contributed by atoms with Gasteiger partial charge in [-0.3, -0.25) is 0 Å². The molecule has 1 aliphatic rings. The molecule has 0 bridgehead atoms. The number of hydrogen-bond donors (Lipinski definition) is 1. The van der Waals surface area contributed by atoms with Gasteiger partial charge in [-0.1, -0.05) is 31.4 Å². The molecule has 1 N–H and O–H groups in total. The molecule has 0 atom stereocenters. The smallest absolute Gasteiger partial charge is 0.119 e. The maximum Gasteiger partial charge on any atom is 0.119 e. The van der Waals surface area contributed by atoms with Crippen LogP contribution in [-0.4, -0.2) is 38.7 Å². The van der Waals surface area contributed by atoms with Crippen molar-refractivity contribution in [3.63, 3.8) is 0 Å². The SMILES string of the molecule is CNCc1ccc(OCCN(C)CC2CCCCC2)cc1. The molecule has 1 aromatic carbocycles. The summed E-state index contributed by atoms with van der Waals surface area (Å²) in [6.07, 6.45) is 7.12. The fraction of sp³-hybridized carbons (Fsp3) is 0.667. The van der Waals surface area contributed by atoms with Gasteiger partial charge in [-0.15, -0.1) is 0 Å². The fourth-order valence-electron chi connectivity index (χ4n) is 3.13. The van der Waals surface area contributed by atoms with Crippen molar-refractivity contribution in [2.24, 2.45) is 5.92 Å². The van der Waals surface area contributed by atoms with E-state index in [9.17, 15) is 0 Å². The third kappa shape index (κ3) is 6.06. The second-order valence-corrected chi connectivity index (χ2v) is 6.29. The van der Waals surface area contributed by atoms with E-state index >= 15 is 0 Å². The first-order chi connectivity index (χ1) is 10.3. The fourth-order valence-corrected chi connectivity index (χ4v) is 3.13. The Bertz CT molecular complexity index is 385. The lowest BCUT2D eigenvalue weighted by molar-refractivity contribution is 0.195. The van der Waals surface area contributed by atoms with Crippen LogP contribution in [0.15, 0.2) is 24.3 Å². The highest BCUT2D eigenvalue weighted by molar-refractivity contribution is 5.27. The quantitative estimate of drug-likeness (QED) is 0.795. The first-order valence-electron chi connectivity index (χ1n) is 8.33. The summed E-state index contributed by atoms with van der Waals surface area (Å²) in [7, 11) is 4.18. The maximum atomic E-state index is 5.84. The third-order valence-electron chi connectivity index (χ3n) is 4.34. The van der Waals surface area contributed by atoms with Crippen LogP contribution in [0.1, 0.15) is 37.7 Å². The lowest BCUT2D eigenvalue weighted by atomic mass is 9.89. The van der Waals surface area contributed by atoms with E-state index in [-0.39, 0.29) is 0 Å². The van der Waals surface area contributed by atoms with E-state index in [1.54, 1.807) is 0 Å². The second kappa shape index (κ2) is 9.06. The monoisotopic (exact) mass is 290 g/mol. The topological polar surface area (TPSA) is 24.5 Å². The molecule has 0 spiro atoms. The normalized spacial score (nSPS) is 16.3. The minimum absolute atomic E-state index is 0.772. The highest BCUT2D eigenvalue weighted by Crippen LogP contribution is 2.24. The van der Waals surface area contributed by atoms with Gasteiger partial charge in [0.2, 0.25) is 0 Å². The zero-order chi connectivity index (χ0) is 14.9. The summed E-state index contributed by atoms with van der Waals surface area (Å²) >= 11 is 0. The van der Waals surface area contributed by atoms with Gasteiger partial charge in [0.25, 0.3) is 0 Å². The second-order valence-electron chi connectivity index (χ2n) is 6.29. The zero-order valence-electron chi connectivity index (χ0n) is 13.6. The third-order valence-corrected chi connectivity index (χ3v) is 4.34. The summed E-state index contributed by atoms with van der Waals surface area (Å²) in [5, 5.41) is 3.15. The van der Waals surface area contributed by atoms with E-state index in [2.05, 4.69) is 41.5 Å². The predicted molar refractivity (Wildman–Crippen MR) is 88.8 cm³/mol. The molecule has 1 aliphatic carbocycles. The van der Waals surface area contributed by atoms with Crippen LogP contribution in [-0.2, 0) is 6.54 Å². The molecule has 1 aromatic rings. The Kier molecular flexibility index (Phi) is 7.04. The molecule has 118 valence electrons. The Morgan fingerprint density at radius 2 is 1.86 bits per heavy atom. The van der Waals surface area contributed by atoms with Crippen molar-refractivity contribution in [1.82, 2.24) is 10.2 Å². The van der Waals surface area contributed by atoms with E-state index < -0.39 is 0 Å². The van der Waals surface area contributed by atoms with Crippen LogP contribution in [0.25, 0.3) is 0 Å². The Labute approximate surface area is 129 Å². The molecule has 0 radical (unpaired) electrons. The minimum atomic E-state index is 0.772. The largest absolute Gasteiger partial charge is 0.492 e. The molecule has 0 aromatic heterocycles. The molecule has 1 fully saturated rings. The van der Waals surface area contributed by atoms with Crippen LogP contribution in [0.3, 0.4) is 0 Å². The van der Waals surface area contributed by atoms with Crippen LogP contribution in [0, 0.1) is 5.92 Å². The number of nitrogens with zero attached hydrogens (tertiary/aromatic N) is 1. The Morgan fingerprint density at radius 3 is 2.52 bits per heavy atom. The molecule has 3 heteroatoms. The van der Waals surface area contributed by atoms with Crippen molar-refractivity contribution in [3.8, 4) is 5.75 Å². The molecule has 0 aliphatic heterocycles. The molecule has 2 rings (SSSR count). The molecular formula is C18H30N2O. The number of hydrogen-bond acceptors (Lipinski definition) is 3. The molecule has 0 saturated heterocycles. The summed E-state index contributed by atoms with van der Waals surface area (Å²) in [5.41, 5.74) is 1.29. The molecule has 21 heavy (non-hydrogen) atoms. The van der Waals surface area contributed by atoms with Crippen molar-refractivity contribution in [1.29, 1.82) is 0 Å². The highest BCUT2D eigenvalue weighted by Gasteiger charge is 2.15. The van der Waals surface area contributed by atoms with Gasteiger partial charge in [0.15, 0.2) is 0 Å². The standard InChI is InChI=1S/C18H30N2O/c1-19-14-16-8-10-18(11-9-16)21-13-12-20(2)15-17-6-4-3-5-7-17/h8-11,17,19H,3-7,12-15H2,1-2H3. The van der Waals surface area contributed by atoms with Crippen LogP contribution in [0.5, 0.6) is 5.75 Å². The molecule has 0 unspecified atom stereocenters. The molecule has 1 saturated carbocycles. The van der Waals surface area contributed by atoms with E-state index in [1.807, 2.05) is 7.05 Å². The van der Waals surface area contributed by atoms with E-state index in [4.69, 9.17) is 4.74 Å². The van der Waals surface area contributed by atoms with Crippen LogP contribution >= 0.6 is 0 Å². The Balaban J connectivity index is 1.63. The van der Waals surface area contributed by atoms with Crippen LogP contribution in [0.4, 0.5) is 0 Å². The molecule has 0 heterocycles. The maximum absolute atomic E-state index is 5.84. The summed E-state index contributed by atoms with van der Waals surface area (Å²) in [6.45, 7) is 3.91. The molecule has 0 amide bonds. The highest BCUT2D eigenvalue weighted by atomic mass is 16.5.